The average Bonchev–Trinajstić information content (AvgIpc) is 3.23. The van der Waals surface area contributed by atoms with Crippen molar-refractivity contribution >= 4 is 69.0 Å². The first kappa shape index (κ1) is 26.6. The molecule has 10 heteroatoms. The van der Waals surface area contributed by atoms with E-state index in [-0.39, 0.29) is 11.5 Å². The summed E-state index contributed by atoms with van der Waals surface area (Å²) in [6.45, 7) is 5.14. The summed E-state index contributed by atoms with van der Waals surface area (Å²) in [4.78, 5) is 38.7. The number of aryl methyl sites for hydroxylation is 1. The summed E-state index contributed by atoms with van der Waals surface area (Å²) in [6.07, 6.45) is 3.39. The van der Waals surface area contributed by atoms with E-state index in [1.807, 2.05) is 67.6 Å². The van der Waals surface area contributed by atoms with Gasteiger partial charge >= 0.3 is 0 Å². The van der Waals surface area contributed by atoms with Crippen LogP contribution in [0.1, 0.15) is 16.7 Å². The van der Waals surface area contributed by atoms with Crippen molar-refractivity contribution in [1.82, 2.24) is 14.3 Å². The zero-order valence-corrected chi connectivity index (χ0v) is 24.2. The summed E-state index contributed by atoms with van der Waals surface area (Å²) in [5.41, 5.74) is 3.74. The van der Waals surface area contributed by atoms with Crippen molar-refractivity contribution in [2.24, 2.45) is 0 Å². The number of thioether (sulfide) groups is 1. The van der Waals surface area contributed by atoms with Gasteiger partial charge in [-0.25, -0.2) is 4.98 Å². The van der Waals surface area contributed by atoms with Crippen LogP contribution in [0.4, 0.5) is 11.5 Å². The number of fused-ring (bicyclic) bond motifs is 1. The Balaban J connectivity index is 1.36. The van der Waals surface area contributed by atoms with Crippen molar-refractivity contribution < 1.29 is 4.79 Å². The minimum atomic E-state index is -0.214. The Morgan fingerprint density at radius 2 is 1.73 bits per heavy atom. The van der Waals surface area contributed by atoms with Crippen molar-refractivity contribution in [3.8, 4) is 0 Å². The van der Waals surface area contributed by atoms with Crippen molar-refractivity contribution in [1.29, 1.82) is 0 Å². The van der Waals surface area contributed by atoms with Crippen LogP contribution in [0.25, 0.3) is 11.7 Å². The van der Waals surface area contributed by atoms with Crippen LogP contribution < -0.4 is 15.4 Å². The summed E-state index contributed by atoms with van der Waals surface area (Å²) in [5.74, 6) is 0.377. The van der Waals surface area contributed by atoms with E-state index in [9.17, 15) is 9.59 Å². The monoisotopic (exact) mass is 587 g/mol. The fraction of sp³-hybridized carbons (Fsp3) is 0.200. The normalized spacial score (nSPS) is 16.9. The summed E-state index contributed by atoms with van der Waals surface area (Å²) in [7, 11) is 0. The molecule has 0 aliphatic carbocycles. The molecule has 2 aromatic heterocycles. The fourth-order valence-corrected chi connectivity index (χ4v) is 6.47. The predicted molar refractivity (Wildman–Crippen MR) is 167 cm³/mol. The summed E-state index contributed by atoms with van der Waals surface area (Å²) in [5, 5.41) is 0.700. The van der Waals surface area contributed by atoms with Gasteiger partial charge in [0, 0.05) is 43.1 Å². The number of carbonyl (C=O) groups is 1. The molecule has 0 saturated carbocycles. The van der Waals surface area contributed by atoms with Crippen LogP contribution in [0, 0.1) is 6.92 Å². The highest BCUT2D eigenvalue weighted by molar-refractivity contribution is 8.26. The van der Waals surface area contributed by atoms with Gasteiger partial charge in [-0.15, -0.1) is 0 Å². The molecule has 2 saturated heterocycles. The first-order valence-corrected chi connectivity index (χ1v) is 14.6. The van der Waals surface area contributed by atoms with E-state index in [2.05, 4.69) is 15.9 Å². The summed E-state index contributed by atoms with van der Waals surface area (Å²) in [6, 6.07) is 21.3. The topological polar surface area (TPSA) is 61.2 Å². The SMILES string of the molecule is Cc1cccn2c(=O)c(/C=C3/SC(=S)N(Cc4ccccc4)C3=O)c(N3CCN(c4cccc(Cl)c4)CC3)nc12. The van der Waals surface area contributed by atoms with Crippen LogP contribution in [0.3, 0.4) is 0 Å². The second-order valence-electron chi connectivity index (χ2n) is 9.75. The van der Waals surface area contributed by atoms with Gasteiger partial charge in [-0.05, 0) is 48.4 Å². The molecular weight excluding hydrogens is 562 g/mol. The fourth-order valence-electron chi connectivity index (χ4n) is 5.05. The Morgan fingerprint density at radius 3 is 2.48 bits per heavy atom. The number of amides is 1. The zero-order chi connectivity index (χ0) is 27.8. The maximum absolute atomic E-state index is 13.9. The van der Waals surface area contributed by atoms with Crippen molar-refractivity contribution in [3.63, 3.8) is 0 Å². The Bertz CT molecular complexity index is 1710. The van der Waals surface area contributed by atoms with E-state index in [0.29, 0.717) is 50.9 Å². The van der Waals surface area contributed by atoms with E-state index in [4.69, 9.17) is 28.8 Å². The number of halogens is 1. The number of benzene rings is 2. The second-order valence-corrected chi connectivity index (χ2v) is 11.9. The zero-order valence-electron chi connectivity index (χ0n) is 21.8. The molecule has 4 aromatic rings. The Labute approximate surface area is 246 Å². The van der Waals surface area contributed by atoms with Gasteiger partial charge in [0.25, 0.3) is 11.5 Å². The molecule has 6 rings (SSSR count). The molecule has 0 unspecified atom stereocenters. The lowest BCUT2D eigenvalue weighted by Gasteiger charge is -2.37. The Kier molecular flexibility index (Phi) is 7.35. The minimum Gasteiger partial charge on any atom is -0.368 e. The maximum atomic E-state index is 13.9. The number of piperazine rings is 1. The first-order chi connectivity index (χ1) is 19.4. The molecule has 0 atom stereocenters. The maximum Gasteiger partial charge on any atom is 0.267 e. The first-order valence-electron chi connectivity index (χ1n) is 13.0. The summed E-state index contributed by atoms with van der Waals surface area (Å²) < 4.78 is 2.03. The molecule has 40 heavy (non-hydrogen) atoms. The highest BCUT2D eigenvalue weighted by Crippen LogP contribution is 2.35. The van der Waals surface area contributed by atoms with Gasteiger partial charge < -0.3 is 9.80 Å². The van der Waals surface area contributed by atoms with Gasteiger partial charge in [0.15, 0.2) is 0 Å². The molecule has 202 valence electrons. The van der Waals surface area contributed by atoms with Gasteiger partial charge in [-0.3, -0.25) is 18.9 Å². The molecule has 4 heterocycles. The number of nitrogens with zero attached hydrogens (tertiary/aromatic N) is 5. The number of hydrogen-bond donors (Lipinski definition) is 0. The molecule has 0 spiro atoms. The predicted octanol–water partition coefficient (Wildman–Crippen LogP) is 5.38. The van der Waals surface area contributed by atoms with E-state index in [1.54, 1.807) is 21.6 Å². The van der Waals surface area contributed by atoms with E-state index in [1.165, 1.54) is 11.8 Å². The number of aromatic nitrogens is 2. The van der Waals surface area contributed by atoms with Crippen LogP contribution in [0.5, 0.6) is 0 Å². The number of carbonyl (C=O) groups excluding carboxylic acids is 1. The van der Waals surface area contributed by atoms with E-state index < -0.39 is 0 Å². The molecule has 0 bridgehead atoms. The number of anilines is 2. The van der Waals surface area contributed by atoms with Crippen molar-refractivity contribution in [3.05, 3.63) is 110 Å². The van der Waals surface area contributed by atoms with Crippen LogP contribution in [-0.2, 0) is 11.3 Å². The highest BCUT2D eigenvalue weighted by Gasteiger charge is 2.33. The van der Waals surface area contributed by atoms with Gasteiger partial charge in [0.2, 0.25) is 0 Å². The molecule has 2 fully saturated rings. The number of hydrogen-bond acceptors (Lipinski definition) is 7. The van der Waals surface area contributed by atoms with Crippen molar-refractivity contribution in [2.75, 3.05) is 36.0 Å². The minimum absolute atomic E-state index is 0.204. The van der Waals surface area contributed by atoms with E-state index in [0.717, 1.165) is 29.9 Å². The lowest BCUT2D eigenvalue weighted by molar-refractivity contribution is -0.122. The van der Waals surface area contributed by atoms with Gasteiger partial charge in [0.1, 0.15) is 15.8 Å². The smallest absolute Gasteiger partial charge is 0.267 e. The Hall–Kier alpha value is -3.66. The van der Waals surface area contributed by atoms with Crippen molar-refractivity contribution in [2.45, 2.75) is 13.5 Å². The third kappa shape index (κ3) is 5.12. The van der Waals surface area contributed by atoms with Crippen LogP contribution >= 0.6 is 35.6 Å². The quantitative estimate of drug-likeness (QED) is 0.229. The van der Waals surface area contributed by atoms with Gasteiger partial charge in [-0.2, -0.15) is 0 Å². The third-order valence-corrected chi connectivity index (χ3v) is 8.76. The molecule has 7 nitrogen and oxygen atoms in total. The molecular formula is C30H26ClN5O2S2. The molecule has 1 amide bonds. The largest absolute Gasteiger partial charge is 0.368 e. The lowest BCUT2D eigenvalue weighted by Crippen LogP contribution is -2.47. The van der Waals surface area contributed by atoms with Gasteiger partial charge in [-0.1, -0.05) is 78.0 Å². The highest BCUT2D eigenvalue weighted by atomic mass is 35.5. The van der Waals surface area contributed by atoms with Crippen LogP contribution in [0.15, 0.2) is 82.6 Å². The number of thiocarbonyl (C=S) groups is 1. The number of pyridine rings is 1. The third-order valence-electron chi connectivity index (χ3n) is 7.15. The van der Waals surface area contributed by atoms with E-state index >= 15 is 0 Å². The van der Waals surface area contributed by atoms with Gasteiger partial charge in [0.05, 0.1) is 17.0 Å². The number of rotatable bonds is 5. The lowest BCUT2D eigenvalue weighted by atomic mass is 10.2. The van der Waals surface area contributed by atoms with Crippen LogP contribution in [-0.4, -0.2) is 50.7 Å². The summed E-state index contributed by atoms with van der Waals surface area (Å²) >= 11 is 13.0. The average molecular weight is 588 g/mol. The molecule has 2 aromatic carbocycles. The Morgan fingerprint density at radius 1 is 0.975 bits per heavy atom. The molecule has 0 N–H and O–H groups in total. The van der Waals surface area contributed by atoms with Crippen LogP contribution in [0.2, 0.25) is 5.02 Å². The standard InChI is InChI=1S/C30H26ClN5O2S2/c1-20-7-6-12-35-26(20)32-27(34-15-13-33(14-16-34)23-11-5-10-22(31)17-23)24(28(35)37)18-25-29(38)36(30(39)40-25)19-21-8-3-2-4-9-21/h2-12,17-18H,13-16,19H2,1H3/b25-18+. The molecule has 2 aliphatic rings. The second kappa shape index (κ2) is 11.1. The molecule has 2 aliphatic heterocycles. The molecule has 0 radical (unpaired) electrons.